The van der Waals surface area contributed by atoms with E-state index in [4.69, 9.17) is 32.9 Å². The molecule has 49 heavy (non-hydrogen) atoms. The van der Waals surface area contributed by atoms with Gasteiger partial charge >= 0.3 is 6.01 Å². The van der Waals surface area contributed by atoms with Crippen molar-refractivity contribution in [3.8, 4) is 11.9 Å². The Morgan fingerprint density at radius 1 is 0.592 bits per heavy atom. The van der Waals surface area contributed by atoms with Crippen molar-refractivity contribution in [3.63, 3.8) is 0 Å². The van der Waals surface area contributed by atoms with E-state index in [0.29, 0.717) is 24.7 Å². The number of nitrogens with zero attached hydrogens (tertiary/aromatic N) is 2. The summed E-state index contributed by atoms with van der Waals surface area (Å²) in [6.07, 6.45) is -1.26. The first-order valence-corrected chi connectivity index (χ1v) is 29.4. The maximum Gasteiger partial charge on any atom is 0.321 e. The molecule has 0 bridgehead atoms. The molecule has 1 aromatic rings. The summed E-state index contributed by atoms with van der Waals surface area (Å²) < 4.78 is 40.2. The van der Waals surface area contributed by atoms with Gasteiger partial charge in [-0.05, 0) is 72.5 Å². The normalized spacial score (nSPS) is 16.3. The van der Waals surface area contributed by atoms with Gasteiger partial charge in [0.1, 0.15) is 5.69 Å². The molecule has 0 aliphatic rings. The highest BCUT2D eigenvalue weighted by molar-refractivity contribution is 6.75. The van der Waals surface area contributed by atoms with Crippen molar-refractivity contribution in [1.29, 1.82) is 0 Å². The number of nitrogens with one attached hydrogen (secondary N) is 1. The number of aromatic nitrogens is 2. The van der Waals surface area contributed by atoms with E-state index in [2.05, 4.69) is 151 Å². The molecular formula is C35H76N4O6Si4. The van der Waals surface area contributed by atoms with Gasteiger partial charge in [0.05, 0.1) is 39.1 Å². The number of methoxy groups -OCH3 is 2. The number of anilines is 2. The zero-order valence-corrected chi connectivity index (χ0v) is 39.6. The largest absolute Gasteiger partial charge is 0.479 e. The Kier molecular flexibility index (Phi) is 15.0. The van der Waals surface area contributed by atoms with E-state index in [1.165, 1.54) is 14.2 Å². The molecular weight excluding hydrogens is 685 g/mol. The first-order valence-electron chi connectivity index (χ1n) is 17.8. The van der Waals surface area contributed by atoms with E-state index >= 15 is 0 Å². The molecule has 0 aliphatic carbocycles. The van der Waals surface area contributed by atoms with E-state index < -0.39 is 45.5 Å². The monoisotopic (exact) mass is 760 g/mol. The summed E-state index contributed by atoms with van der Waals surface area (Å²) in [6, 6.07) is 0.159. The van der Waals surface area contributed by atoms with Gasteiger partial charge in [-0.25, -0.2) is 0 Å². The zero-order valence-electron chi connectivity index (χ0n) is 35.6. The SMILES string of the molecule is COc1nc(NC[C@H](O[Si](C)(C)C(C)(C)C)[C@H](O[Si](C)(C)C(C)(C)C)[C@@H](CO[Si](C)(C)C(C)(C)C)O[Si](C)(C)C(C)(C)C)c(N)c(OC)n1. The molecule has 0 saturated heterocycles. The number of hydrogen-bond donors (Lipinski definition) is 2. The van der Waals surface area contributed by atoms with Crippen molar-refractivity contribution in [1.82, 2.24) is 9.97 Å². The van der Waals surface area contributed by atoms with Gasteiger partial charge in [0.2, 0.25) is 5.88 Å². The molecule has 14 heteroatoms. The third-order valence-corrected chi connectivity index (χ3v) is 29.6. The molecule has 3 atom stereocenters. The van der Waals surface area contributed by atoms with E-state index in [1.54, 1.807) is 0 Å². The molecule has 3 N–H and O–H groups in total. The van der Waals surface area contributed by atoms with Crippen LogP contribution in [0, 0.1) is 0 Å². The first kappa shape index (κ1) is 46.0. The highest BCUT2D eigenvalue weighted by atomic mass is 28.4. The number of ether oxygens (including phenoxy) is 2. The Morgan fingerprint density at radius 3 is 1.39 bits per heavy atom. The summed E-state index contributed by atoms with van der Waals surface area (Å²) in [5.41, 5.74) is 6.80. The molecule has 0 spiro atoms. The van der Waals surface area contributed by atoms with Crippen LogP contribution in [0.3, 0.4) is 0 Å². The Morgan fingerprint density at radius 2 is 1.00 bits per heavy atom. The van der Waals surface area contributed by atoms with Crippen LogP contribution in [-0.2, 0) is 17.7 Å². The van der Waals surface area contributed by atoms with Gasteiger partial charge in [0.25, 0.3) is 0 Å². The molecule has 1 rings (SSSR count). The fourth-order valence-corrected chi connectivity index (χ4v) is 8.95. The summed E-state index contributed by atoms with van der Waals surface area (Å²) in [7, 11) is -6.19. The van der Waals surface area contributed by atoms with E-state index in [-0.39, 0.29) is 38.1 Å². The number of hydrogen-bond acceptors (Lipinski definition) is 10. The second-order valence-corrected chi connectivity index (χ2v) is 38.7. The van der Waals surface area contributed by atoms with Gasteiger partial charge in [-0.3, -0.25) is 0 Å². The van der Waals surface area contributed by atoms with Crippen LogP contribution in [0.25, 0.3) is 0 Å². The average Bonchev–Trinajstić information content (AvgIpc) is 2.90. The minimum absolute atomic E-state index is 0.0275. The van der Waals surface area contributed by atoms with Crippen LogP contribution >= 0.6 is 0 Å². The fourth-order valence-electron chi connectivity index (χ4n) is 3.95. The Bertz CT molecular complexity index is 1220. The van der Waals surface area contributed by atoms with Gasteiger partial charge in [-0.2, -0.15) is 9.97 Å². The standard InChI is InChI=1S/C35H76N4O6Si4/c1-32(2,3)46(15,16)42-24-26(44-48(19,20)34(7,8)9)28(45-49(21,22)35(10,11)12)25(43-47(17,18)33(4,5)6)23-37-29-27(36)30(40-13)39-31(38-29)41-14/h25-26,28H,23-24,36H2,1-22H3,(H,37,38,39)/t25-,26+,28-/m0/s1. The van der Waals surface area contributed by atoms with Crippen molar-refractivity contribution in [2.75, 3.05) is 38.4 Å². The predicted octanol–water partition coefficient (Wildman–Crippen LogP) is 9.68. The Hall–Kier alpha value is -1.01. The fraction of sp³-hybridized carbons (Fsp3) is 0.886. The van der Waals surface area contributed by atoms with Crippen LogP contribution in [-0.4, -0.2) is 88.9 Å². The van der Waals surface area contributed by atoms with E-state index in [0.717, 1.165) is 0 Å². The number of nitrogens with two attached hydrogens (primary N) is 1. The second kappa shape index (κ2) is 15.9. The quantitative estimate of drug-likeness (QED) is 0.158. The van der Waals surface area contributed by atoms with Crippen molar-refractivity contribution in [3.05, 3.63) is 0 Å². The lowest BCUT2D eigenvalue weighted by Crippen LogP contribution is -2.61. The molecule has 0 saturated carbocycles. The molecule has 1 heterocycles. The lowest BCUT2D eigenvalue weighted by atomic mass is 10.1. The van der Waals surface area contributed by atoms with Crippen LogP contribution in [0.1, 0.15) is 83.1 Å². The average molecular weight is 761 g/mol. The lowest BCUT2D eigenvalue weighted by molar-refractivity contribution is -0.0518. The molecule has 1 aromatic heterocycles. The maximum atomic E-state index is 7.52. The summed E-state index contributed by atoms with van der Waals surface area (Å²) >= 11 is 0. The first-order chi connectivity index (χ1) is 21.6. The van der Waals surface area contributed by atoms with E-state index in [9.17, 15) is 0 Å². The van der Waals surface area contributed by atoms with Crippen molar-refractivity contribution >= 4 is 44.8 Å². The van der Waals surface area contributed by atoms with Crippen molar-refractivity contribution in [2.45, 2.75) is 174 Å². The highest BCUT2D eigenvalue weighted by Gasteiger charge is 2.50. The molecule has 0 amide bonds. The highest BCUT2D eigenvalue weighted by Crippen LogP contribution is 2.44. The van der Waals surface area contributed by atoms with Crippen molar-refractivity contribution in [2.24, 2.45) is 0 Å². The van der Waals surface area contributed by atoms with Gasteiger partial charge in [-0.15, -0.1) is 0 Å². The van der Waals surface area contributed by atoms with Crippen LogP contribution < -0.4 is 20.5 Å². The van der Waals surface area contributed by atoms with Gasteiger partial charge in [0.15, 0.2) is 39.1 Å². The number of rotatable bonds is 16. The lowest BCUT2D eigenvalue weighted by Gasteiger charge is -2.49. The Labute approximate surface area is 305 Å². The van der Waals surface area contributed by atoms with Crippen LogP contribution in [0.4, 0.5) is 11.5 Å². The molecule has 0 unspecified atom stereocenters. The molecule has 0 fully saturated rings. The number of nitrogen functional groups attached to an aromatic ring is 1. The van der Waals surface area contributed by atoms with Crippen LogP contribution in [0.2, 0.25) is 72.5 Å². The minimum atomic E-state index is -2.39. The second-order valence-electron chi connectivity index (χ2n) is 19.6. The van der Waals surface area contributed by atoms with Gasteiger partial charge in [0, 0.05) is 6.54 Å². The molecule has 0 radical (unpaired) electrons. The smallest absolute Gasteiger partial charge is 0.321 e. The van der Waals surface area contributed by atoms with E-state index in [1.807, 2.05) is 0 Å². The van der Waals surface area contributed by atoms with Crippen molar-refractivity contribution < 1.29 is 27.2 Å². The molecule has 0 aromatic carbocycles. The third-order valence-electron chi connectivity index (χ3n) is 11.6. The summed E-state index contributed by atoms with van der Waals surface area (Å²) in [5.74, 6) is 0.658. The molecule has 0 aliphatic heterocycles. The van der Waals surface area contributed by atoms with Crippen LogP contribution in [0.15, 0.2) is 0 Å². The minimum Gasteiger partial charge on any atom is -0.479 e. The van der Waals surface area contributed by atoms with Gasteiger partial charge in [-0.1, -0.05) is 83.1 Å². The van der Waals surface area contributed by atoms with Gasteiger partial charge < -0.3 is 38.2 Å². The third kappa shape index (κ3) is 12.0. The predicted molar refractivity (Wildman–Crippen MR) is 217 cm³/mol. The zero-order chi connectivity index (χ0) is 38.8. The maximum absolute atomic E-state index is 7.52. The topological polar surface area (TPSA) is 119 Å². The Balaban J connectivity index is 4.07. The molecule has 10 nitrogen and oxygen atoms in total. The molecule has 288 valence electrons. The van der Waals surface area contributed by atoms with Crippen LogP contribution in [0.5, 0.6) is 11.9 Å². The summed E-state index contributed by atoms with van der Waals surface area (Å²) in [5, 5.41) is 3.40. The summed E-state index contributed by atoms with van der Waals surface area (Å²) in [6.45, 7) is 46.4. The summed E-state index contributed by atoms with van der Waals surface area (Å²) in [4.78, 5) is 8.82.